The Balaban J connectivity index is 2.02. The number of carbonyl (C=O) groups is 2. The summed E-state index contributed by atoms with van der Waals surface area (Å²) in [5.74, 6) is -1.02. The van der Waals surface area contributed by atoms with Crippen LogP contribution in [-0.2, 0) is 9.59 Å². The van der Waals surface area contributed by atoms with Crippen molar-refractivity contribution in [3.63, 3.8) is 0 Å². The van der Waals surface area contributed by atoms with Gasteiger partial charge in [0, 0.05) is 16.8 Å². The molecule has 0 spiro atoms. The fourth-order valence-corrected chi connectivity index (χ4v) is 4.33. The number of benzene rings is 3. The van der Waals surface area contributed by atoms with E-state index in [-0.39, 0.29) is 21.9 Å². The molecule has 1 aliphatic rings. The van der Waals surface area contributed by atoms with Crippen molar-refractivity contribution in [2.45, 2.75) is 19.9 Å². The molecule has 1 N–H and O–H groups in total. The zero-order chi connectivity index (χ0) is 24.6. The Labute approximate surface area is 203 Å². The van der Waals surface area contributed by atoms with Crippen molar-refractivity contribution in [1.82, 2.24) is 0 Å². The van der Waals surface area contributed by atoms with Crippen LogP contribution in [0.1, 0.15) is 28.3 Å². The molecule has 1 aliphatic heterocycles. The van der Waals surface area contributed by atoms with Gasteiger partial charge in [-0.2, -0.15) is 0 Å². The molecule has 4 rings (SSSR count). The van der Waals surface area contributed by atoms with Crippen LogP contribution < -0.4 is 14.4 Å². The second-order valence-electron chi connectivity index (χ2n) is 8.03. The molecule has 3 aromatic rings. The van der Waals surface area contributed by atoms with Crippen LogP contribution in [0.5, 0.6) is 11.5 Å². The number of amides is 1. The standard InChI is InChI=1S/C27H24ClNO5/c1-15-9-10-17(13-16(15)2)29-24(19-7-5-6-8-22(19)34-4)23(26(31)27(29)32)25(30)20-14-18(33-3)11-12-21(20)28/h5-14,24,30H,1-4H3/b25-23+. The molecule has 34 heavy (non-hydrogen) atoms. The number of Topliss-reactive ketones (excluding diaryl/α,β-unsaturated/α-hetero) is 1. The third-order valence-electron chi connectivity index (χ3n) is 6.08. The van der Waals surface area contributed by atoms with Crippen molar-refractivity contribution in [3.05, 3.63) is 93.5 Å². The lowest BCUT2D eigenvalue weighted by molar-refractivity contribution is -0.132. The molecule has 6 nitrogen and oxygen atoms in total. The molecular formula is C27H24ClNO5. The first-order valence-corrected chi connectivity index (χ1v) is 11.0. The van der Waals surface area contributed by atoms with Crippen LogP contribution in [0.4, 0.5) is 5.69 Å². The van der Waals surface area contributed by atoms with Gasteiger partial charge >= 0.3 is 0 Å². The van der Waals surface area contributed by atoms with Gasteiger partial charge in [-0.05, 0) is 61.4 Å². The number of nitrogens with zero attached hydrogens (tertiary/aromatic N) is 1. The van der Waals surface area contributed by atoms with Gasteiger partial charge in [-0.1, -0.05) is 35.9 Å². The summed E-state index contributed by atoms with van der Waals surface area (Å²) in [7, 11) is 3.00. The molecule has 174 valence electrons. The molecule has 0 radical (unpaired) electrons. The van der Waals surface area contributed by atoms with Crippen LogP contribution in [-0.4, -0.2) is 31.0 Å². The quantitative estimate of drug-likeness (QED) is 0.294. The summed E-state index contributed by atoms with van der Waals surface area (Å²) in [5, 5.41) is 11.6. The zero-order valence-corrected chi connectivity index (χ0v) is 20.0. The number of hydrogen-bond donors (Lipinski definition) is 1. The zero-order valence-electron chi connectivity index (χ0n) is 19.3. The lowest BCUT2D eigenvalue weighted by atomic mass is 9.94. The number of aliphatic hydroxyl groups excluding tert-OH is 1. The van der Waals surface area contributed by atoms with E-state index in [0.29, 0.717) is 22.7 Å². The Morgan fingerprint density at radius 2 is 1.68 bits per heavy atom. The molecule has 1 unspecified atom stereocenters. The summed E-state index contributed by atoms with van der Waals surface area (Å²) in [5.41, 5.74) is 3.23. The number of ketones is 1. The summed E-state index contributed by atoms with van der Waals surface area (Å²) >= 11 is 6.37. The van der Waals surface area contributed by atoms with E-state index < -0.39 is 17.7 Å². The van der Waals surface area contributed by atoms with E-state index in [2.05, 4.69) is 0 Å². The lowest BCUT2D eigenvalue weighted by Gasteiger charge is -2.27. The monoisotopic (exact) mass is 477 g/mol. The minimum absolute atomic E-state index is 0.0807. The second-order valence-corrected chi connectivity index (χ2v) is 8.43. The number of halogens is 1. The van der Waals surface area contributed by atoms with Gasteiger partial charge in [0.15, 0.2) is 0 Å². The normalized spacial score (nSPS) is 17.2. The van der Waals surface area contributed by atoms with Gasteiger partial charge in [-0.3, -0.25) is 14.5 Å². The Hall–Kier alpha value is -3.77. The molecule has 1 fully saturated rings. The fourth-order valence-electron chi connectivity index (χ4n) is 4.12. The number of carbonyl (C=O) groups excluding carboxylic acids is 2. The number of para-hydroxylation sites is 1. The highest BCUT2D eigenvalue weighted by atomic mass is 35.5. The lowest BCUT2D eigenvalue weighted by Crippen LogP contribution is -2.29. The summed E-state index contributed by atoms with van der Waals surface area (Å²) in [6, 6.07) is 16.4. The van der Waals surface area contributed by atoms with E-state index in [9.17, 15) is 14.7 Å². The van der Waals surface area contributed by atoms with Crippen LogP contribution in [0.25, 0.3) is 5.76 Å². The molecule has 3 aromatic carbocycles. The van der Waals surface area contributed by atoms with E-state index >= 15 is 0 Å². The van der Waals surface area contributed by atoms with Gasteiger partial charge in [0.2, 0.25) is 0 Å². The van der Waals surface area contributed by atoms with Crippen LogP contribution in [0.15, 0.2) is 66.2 Å². The van der Waals surface area contributed by atoms with E-state index in [4.69, 9.17) is 21.1 Å². The van der Waals surface area contributed by atoms with Gasteiger partial charge in [-0.25, -0.2) is 0 Å². The van der Waals surface area contributed by atoms with Gasteiger partial charge in [0.1, 0.15) is 17.3 Å². The molecule has 7 heteroatoms. The number of aryl methyl sites for hydroxylation is 2. The number of ether oxygens (including phenoxy) is 2. The summed E-state index contributed by atoms with van der Waals surface area (Å²) in [6.45, 7) is 3.90. The predicted octanol–water partition coefficient (Wildman–Crippen LogP) is 5.60. The summed E-state index contributed by atoms with van der Waals surface area (Å²) < 4.78 is 10.8. The molecule has 1 amide bonds. The van der Waals surface area contributed by atoms with Crippen molar-refractivity contribution >= 4 is 34.7 Å². The van der Waals surface area contributed by atoms with Crippen molar-refractivity contribution in [2.24, 2.45) is 0 Å². The smallest absolute Gasteiger partial charge is 0.300 e. The van der Waals surface area contributed by atoms with Gasteiger partial charge in [0.05, 0.1) is 30.9 Å². The molecular weight excluding hydrogens is 454 g/mol. The first-order chi connectivity index (χ1) is 16.3. The minimum Gasteiger partial charge on any atom is -0.507 e. The number of rotatable bonds is 5. The molecule has 1 atom stereocenters. The highest BCUT2D eigenvalue weighted by Crippen LogP contribution is 2.46. The Morgan fingerprint density at radius 1 is 0.941 bits per heavy atom. The van der Waals surface area contributed by atoms with E-state index in [1.165, 1.54) is 25.2 Å². The van der Waals surface area contributed by atoms with Gasteiger partial charge in [0.25, 0.3) is 11.7 Å². The molecule has 1 saturated heterocycles. The Kier molecular flexibility index (Phi) is 6.35. The van der Waals surface area contributed by atoms with Crippen LogP contribution >= 0.6 is 11.6 Å². The fraction of sp³-hybridized carbons (Fsp3) is 0.185. The highest BCUT2D eigenvalue weighted by molar-refractivity contribution is 6.52. The van der Waals surface area contributed by atoms with Crippen molar-refractivity contribution in [2.75, 3.05) is 19.1 Å². The average Bonchev–Trinajstić information content (AvgIpc) is 3.11. The molecule has 1 heterocycles. The summed E-state index contributed by atoms with van der Waals surface area (Å²) in [4.78, 5) is 28.1. The van der Waals surface area contributed by atoms with Crippen molar-refractivity contribution in [3.8, 4) is 11.5 Å². The predicted molar refractivity (Wildman–Crippen MR) is 132 cm³/mol. The van der Waals surface area contributed by atoms with Crippen molar-refractivity contribution in [1.29, 1.82) is 0 Å². The van der Waals surface area contributed by atoms with E-state index in [0.717, 1.165) is 11.1 Å². The van der Waals surface area contributed by atoms with E-state index in [1.807, 2.05) is 26.0 Å². The molecule has 0 bridgehead atoms. The maximum atomic E-state index is 13.4. The molecule has 0 aromatic heterocycles. The number of aliphatic hydroxyl groups is 1. The average molecular weight is 478 g/mol. The largest absolute Gasteiger partial charge is 0.507 e. The maximum absolute atomic E-state index is 13.4. The summed E-state index contributed by atoms with van der Waals surface area (Å²) in [6.07, 6.45) is 0. The Bertz CT molecular complexity index is 1330. The van der Waals surface area contributed by atoms with Crippen LogP contribution in [0, 0.1) is 13.8 Å². The number of hydrogen-bond acceptors (Lipinski definition) is 5. The van der Waals surface area contributed by atoms with Crippen LogP contribution in [0.3, 0.4) is 0 Å². The Morgan fingerprint density at radius 3 is 2.35 bits per heavy atom. The maximum Gasteiger partial charge on any atom is 0.300 e. The second kappa shape index (κ2) is 9.23. The number of methoxy groups -OCH3 is 2. The first kappa shape index (κ1) is 23.4. The van der Waals surface area contributed by atoms with Crippen LogP contribution in [0.2, 0.25) is 5.02 Å². The SMILES string of the molecule is COc1ccc(Cl)c(/C(O)=C2\C(=O)C(=O)N(c3ccc(C)c(C)c3)C2c2ccccc2OC)c1. The van der Waals surface area contributed by atoms with Gasteiger partial charge < -0.3 is 14.6 Å². The molecule has 0 saturated carbocycles. The van der Waals surface area contributed by atoms with Gasteiger partial charge in [-0.15, -0.1) is 0 Å². The number of anilines is 1. The topological polar surface area (TPSA) is 76.1 Å². The van der Waals surface area contributed by atoms with Crippen molar-refractivity contribution < 1.29 is 24.2 Å². The molecule has 0 aliphatic carbocycles. The third kappa shape index (κ3) is 3.90. The van der Waals surface area contributed by atoms with E-state index in [1.54, 1.807) is 42.5 Å². The minimum atomic E-state index is -0.930. The highest BCUT2D eigenvalue weighted by Gasteiger charge is 2.48. The third-order valence-corrected chi connectivity index (χ3v) is 6.40. The first-order valence-electron chi connectivity index (χ1n) is 10.6.